The Morgan fingerprint density at radius 2 is 2.00 bits per heavy atom. The van der Waals surface area contributed by atoms with E-state index in [9.17, 15) is 13.2 Å². The Morgan fingerprint density at radius 3 is 2.57 bits per heavy atom. The summed E-state index contributed by atoms with van der Waals surface area (Å²) >= 11 is 0. The number of rotatable bonds is 5. The Balaban J connectivity index is 2.07. The quantitative estimate of drug-likeness (QED) is 0.846. The van der Waals surface area contributed by atoms with Gasteiger partial charge in [0.25, 0.3) is 0 Å². The smallest absolute Gasteiger partial charge is 0.325 e. The topological polar surface area (TPSA) is 101 Å². The van der Waals surface area contributed by atoms with E-state index < -0.39 is 16.0 Å². The fraction of sp³-hybridized carbons (Fsp3) is 0.692. The zero-order valence-corrected chi connectivity index (χ0v) is 13.0. The Hall–Kier alpha value is -1.41. The lowest BCUT2D eigenvalue weighted by molar-refractivity contribution is -0.137. The third kappa shape index (κ3) is 4.28. The summed E-state index contributed by atoms with van der Waals surface area (Å²) in [5, 5.41) is 12.4. The summed E-state index contributed by atoms with van der Waals surface area (Å²) in [6.45, 7) is 3.90. The van der Waals surface area contributed by atoms with Gasteiger partial charge >= 0.3 is 5.97 Å². The molecule has 8 heteroatoms. The molecule has 1 aliphatic rings. The van der Waals surface area contributed by atoms with Crippen molar-refractivity contribution in [3.63, 3.8) is 0 Å². The molecule has 118 valence electrons. The maximum Gasteiger partial charge on any atom is 0.325 e. The average Bonchev–Trinajstić information content (AvgIpc) is 2.74. The van der Waals surface area contributed by atoms with Gasteiger partial charge in [-0.05, 0) is 31.1 Å². The number of aromatic nitrogens is 2. The average molecular weight is 315 g/mol. The molecule has 1 aromatic rings. The van der Waals surface area contributed by atoms with Crippen LogP contribution in [0.2, 0.25) is 0 Å². The van der Waals surface area contributed by atoms with E-state index in [1.165, 1.54) is 12.4 Å². The Morgan fingerprint density at radius 1 is 1.38 bits per heavy atom. The molecule has 1 heterocycles. The summed E-state index contributed by atoms with van der Waals surface area (Å²) in [7, 11) is -3.65. The van der Waals surface area contributed by atoms with Gasteiger partial charge in [-0.25, -0.2) is 13.1 Å². The van der Waals surface area contributed by atoms with Crippen LogP contribution in [0.25, 0.3) is 0 Å². The molecule has 0 radical (unpaired) electrons. The number of carboxylic acid groups (broad SMARTS) is 1. The summed E-state index contributed by atoms with van der Waals surface area (Å²) in [6, 6.07) is -0.0726. The van der Waals surface area contributed by atoms with E-state index in [2.05, 4.69) is 23.7 Å². The summed E-state index contributed by atoms with van der Waals surface area (Å²) < 4.78 is 28.4. The van der Waals surface area contributed by atoms with Crippen LogP contribution in [0.3, 0.4) is 0 Å². The summed E-state index contributed by atoms with van der Waals surface area (Å²) in [4.78, 5) is 10.6. The van der Waals surface area contributed by atoms with Gasteiger partial charge in [0.15, 0.2) is 0 Å². The molecule has 2 atom stereocenters. The molecule has 0 amide bonds. The van der Waals surface area contributed by atoms with Crippen LogP contribution < -0.4 is 4.72 Å². The maximum absolute atomic E-state index is 12.3. The molecule has 0 aliphatic heterocycles. The van der Waals surface area contributed by atoms with Gasteiger partial charge in [0.1, 0.15) is 11.4 Å². The molecule has 0 spiro atoms. The minimum atomic E-state index is -3.65. The third-order valence-electron chi connectivity index (χ3n) is 3.72. The SMILES string of the molecule is CC1CC(C)CC(NS(=O)(=O)c2cnn(CC(=O)O)c2)C1. The molecular weight excluding hydrogens is 294 g/mol. The molecule has 21 heavy (non-hydrogen) atoms. The highest BCUT2D eigenvalue weighted by Crippen LogP contribution is 2.29. The van der Waals surface area contributed by atoms with Crippen LogP contribution in [0.5, 0.6) is 0 Å². The Bertz CT molecular complexity index is 601. The molecule has 1 fully saturated rings. The molecule has 0 bridgehead atoms. The third-order valence-corrected chi connectivity index (χ3v) is 5.19. The molecule has 2 unspecified atom stereocenters. The highest BCUT2D eigenvalue weighted by Gasteiger charge is 2.28. The summed E-state index contributed by atoms with van der Waals surface area (Å²) in [5.74, 6) is -0.0719. The molecule has 1 aliphatic carbocycles. The van der Waals surface area contributed by atoms with Gasteiger partial charge in [-0.1, -0.05) is 13.8 Å². The first-order valence-electron chi connectivity index (χ1n) is 7.03. The summed E-state index contributed by atoms with van der Waals surface area (Å²) in [6.07, 6.45) is 5.20. The van der Waals surface area contributed by atoms with Gasteiger partial charge in [-0.3, -0.25) is 9.48 Å². The number of aliphatic carboxylic acids is 1. The number of nitrogens with one attached hydrogen (secondary N) is 1. The molecule has 1 aromatic heterocycles. The second-order valence-electron chi connectivity index (χ2n) is 6.00. The van der Waals surface area contributed by atoms with Crippen molar-refractivity contribution in [1.82, 2.24) is 14.5 Å². The second kappa shape index (κ2) is 6.15. The molecule has 0 saturated heterocycles. The van der Waals surface area contributed by atoms with Crippen molar-refractivity contribution in [3.05, 3.63) is 12.4 Å². The predicted octanol–water partition coefficient (Wildman–Crippen LogP) is 1.07. The van der Waals surface area contributed by atoms with Crippen LogP contribution in [0, 0.1) is 11.8 Å². The van der Waals surface area contributed by atoms with Crippen molar-refractivity contribution in [2.24, 2.45) is 11.8 Å². The van der Waals surface area contributed by atoms with Gasteiger partial charge in [-0.15, -0.1) is 0 Å². The van der Waals surface area contributed by atoms with Crippen molar-refractivity contribution in [3.8, 4) is 0 Å². The monoisotopic (exact) mass is 315 g/mol. The molecule has 0 aromatic carbocycles. The minimum Gasteiger partial charge on any atom is -0.480 e. The predicted molar refractivity (Wildman–Crippen MR) is 76.2 cm³/mol. The standard InChI is InChI=1S/C13H21N3O4S/c1-9-3-10(2)5-11(4-9)15-21(19,20)12-6-14-16(7-12)8-13(17)18/h6-7,9-11,15H,3-5,8H2,1-2H3,(H,17,18). The number of sulfonamides is 1. The lowest BCUT2D eigenvalue weighted by atomic mass is 9.81. The van der Waals surface area contributed by atoms with Crippen LogP contribution in [-0.2, 0) is 21.4 Å². The summed E-state index contributed by atoms with van der Waals surface area (Å²) in [5.41, 5.74) is 0. The van der Waals surface area contributed by atoms with Crippen molar-refractivity contribution in [2.75, 3.05) is 0 Å². The van der Waals surface area contributed by atoms with Gasteiger partial charge < -0.3 is 5.11 Å². The first kappa shape index (κ1) is 16.0. The van der Waals surface area contributed by atoms with Crippen LogP contribution >= 0.6 is 0 Å². The van der Waals surface area contributed by atoms with Crippen molar-refractivity contribution in [2.45, 2.75) is 50.6 Å². The first-order chi connectivity index (χ1) is 9.76. The highest BCUT2D eigenvalue weighted by molar-refractivity contribution is 7.89. The van der Waals surface area contributed by atoms with Crippen LogP contribution in [0.4, 0.5) is 0 Å². The maximum atomic E-state index is 12.3. The van der Waals surface area contributed by atoms with E-state index in [4.69, 9.17) is 5.11 Å². The van der Waals surface area contributed by atoms with Crippen molar-refractivity contribution < 1.29 is 18.3 Å². The lowest BCUT2D eigenvalue weighted by Crippen LogP contribution is -2.39. The van der Waals surface area contributed by atoms with E-state index in [1.807, 2.05) is 0 Å². The van der Waals surface area contributed by atoms with Crippen LogP contribution in [-0.4, -0.2) is 35.3 Å². The lowest BCUT2D eigenvalue weighted by Gasteiger charge is -2.31. The minimum absolute atomic E-state index is 0.00892. The number of nitrogens with zero attached hydrogens (tertiary/aromatic N) is 2. The zero-order chi connectivity index (χ0) is 15.6. The van der Waals surface area contributed by atoms with Gasteiger partial charge in [0, 0.05) is 12.2 Å². The Kier molecular flexibility index (Phi) is 4.67. The molecule has 2 N–H and O–H groups in total. The molecule has 7 nitrogen and oxygen atoms in total. The molecule has 1 saturated carbocycles. The van der Waals surface area contributed by atoms with E-state index in [0.29, 0.717) is 11.8 Å². The van der Waals surface area contributed by atoms with E-state index in [0.717, 1.165) is 23.9 Å². The Labute approximate surface area is 124 Å². The zero-order valence-electron chi connectivity index (χ0n) is 12.2. The first-order valence-corrected chi connectivity index (χ1v) is 8.51. The number of carbonyl (C=O) groups is 1. The normalized spacial score (nSPS) is 26.7. The van der Waals surface area contributed by atoms with Crippen molar-refractivity contribution in [1.29, 1.82) is 0 Å². The van der Waals surface area contributed by atoms with E-state index in [1.54, 1.807) is 0 Å². The number of hydrogen-bond donors (Lipinski definition) is 2. The number of hydrogen-bond acceptors (Lipinski definition) is 4. The van der Waals surface area contributed by atoms with E-state index in [-0.39, 0.29) is 17.5 Å². The van der Waals surface area contributed by atoms with E-state index >= 15 is 0 Å². The fourth-order valence-electron chi connectivity index (χ4n) is 3.04. The van der Waals surface area contributed by atoms with Gasteiger partial charge in [0.2, 0.25) is 10.0 Å². The molecular formula is C13H21N3O4S. The largest absolute Gasteiger partial charge is 0.480 e. The van der Waals surface area contributed by atoms with Crippen LogP contribution in [0.1, 0.15) is 33.1 Å². The highest BCUT2D eigenvalue weighted by atomic mass is 32.2. The van der Waals surface area contributed by atoms with Crippen molar-refractivity contribution >= 4 is 16.0 Å². The van der Waals surface area contributed by atoms with Crippen LogP contribution in [0.15, 0.2) is 17.3 Å². The van der Waals surface area contributed by atoms with Gasteiger partial charge in [0.05, 0.1) is 6.20 Å². The molecule has 2 rings (SSSR count). The fourth-order valence-corrected chi connectivity index (χ4v) is 4.25. The van der Waals surface area contributed by atoms with Gasteiger partial charge in [-0.2, -0.15) is 5.10 Å². The second-order valence-corrected chi connectivity index (χ2v) is 7.72. The number of carboxylic acids is 1.